The molecule has 2 aromatic carbocycles. The molecular formula is C24H32N6O2. The van der Waals surface area contributed by atoms with Crippen LogP contribution < -0.4 is 26.6 Å². The number of carbonyl (C=O) groups excluding carboxylic acids is 2. The topological polar surface area (TPSA) is 112 Å². The second kappa shape index (κ2) is 11.2. The van der Waals surface area contributed by atoms with Crippen LogP contribution in [0.15, 0.2) is 53.5 Å². The Morgan fingerprint density at radius 3 is 2.47 bits per heavy atom. The van der Waals surface area contributed by atoms with Gasteiger partial charge in [-0.05, 0) is 55.2 Å². The van der Waals surface area contributed by atoms with E-state index in [2.05, 4.69) is 57.0 Å². The zero-order valence-corrected chi connectivity index (χ0v) is 18.7. The zero-order valence-electron chi connectivity index (χ0n) is 18.7. The van der Waals surface area contributed by atoms with E-state index in [4.69, 9.17) is 5.73 Å². The molecule has 1 unspecified atom stereocenters. The molecule has 170 valence electrons. The van der Waals surface area contributed by atoms with E-state index in [0.717, 1.165) is 18.7 Å². The molecule has 8 nitrogen and oxygen atoms in total. The molecule has 8 heteroatoms. The maximum atomic E-state index is 12.0. The lowest BCUT2D eigenvalue weighted by molar-refractivity contribution is -0.117. The predicted octanol–water partition coefficient (Wildman–Crippen LogP) is 1.93. The number of nitrogens with zero attached hydrogens (tertiary/aromatic N) is 2. The number of hydrogen-bond donors (Lipinski definition) is 4. The standard InChI is InChI=1S/C24H32N6O2/c1-17(20-6-5-7-21(14-20)30-12-3-4-13-30)29-24(26-2)28-15-18-8-10-19(11-9-18)23(32)27-16-22(25)31/h5-11,14,17H,3-4,12-13,15-16H2,1-2H3,(H2,25,31)(H,27,32)(H2,26,28,29). The average molecular weight is 437 g/mol. The molecular weight excluding hydrogens is 404 g/mol. The number of guanidine groups is 1. The van der Waals surface area contributed by atoms with E-state index in [1.165, 1.54) is 24.1 Å². The molecule has 1 aliphatic rings. The molecule has 0 aromatic heterocycles. The van der Waals surface area contributed by atoms with Crippen LogP contribution >= 0.6 is 0 Å². The van der Waals surface area contributed by atoms with Crippen molar-refractivity contribution in [1.29, 1.82) is 0 Å². The van der Waals surface area contributed by atoms with Gasteiger partial charge in [0.1, 0.15) is 0 Å². The fourth-order valence-electron chi connectivity index (χ4n) is 3.68. The molecule has 0 saturated carbocycles. The van der Waals surface area contributed by atoms with Crippen LogP contribution in [0.2, 0.25) is 0 Å². The van der Waals surface area contributed by atoms with E-state index in [1.54, 1.807) is 19.2 Å². The summed E-state index contributed by atoms with van der Waals surface area (Å²) in [4.78, 5) is 29.5. The van der Waals surface area contributed by atoms with Gasteiger partial charge in [0, 0.05) is 37.9 Å². The van der Waals surface area contributed by atoms with Gasteiger partial charge in [0.15, 0.2) is 5.96 Å². The van der Waals surface area contributed by atoms with Crippen LogP contribution in [0.5, 0.6) is 0 Å². The summed E-state index contributed by atoms with van der Waals surface area (Å²) >= 11 is 0. The van der Waals surface area contributed by atoms with Gasteiger partial charge in [-0.25, -0.2) is 0 Å². The molecule has 1 heterocycles. The van der Waals surface area contributed by atoms with E-state index in [-0.39, 0.29) is 18.5 Å². The highest BCUT2D eigenvalue weighted by molar-refractivity contribution is 5.96. The van der Waals surface area contributed by atoms with Gasteiger partial charge in [0.2, 0.25) is 5.91 Å². The number of primary amides is 1. The second-order valence-electron chi connectivity index (χ2n) is 7.93. The van der Waals surface area contributed by atoms with E-state index in [0.29, 0.717) is 18.1 Å². The third-order valence-electron chi connectivity index (χ3n) is 5.52. The van der Waals surface area contributed by atoms with Gasteiger partial charge in [-0.15, -0.1) is 0 Å². The van der Waals surface area contributed by atoms with Crippen LogP contribution in [-0.4, -0.2) is 44.5 Å². The van der Waals surface area contributed by atoms with Crippen molar-refractivity contribution in [3.63, 3.8) is 0 Å². The number of hydrogen-bond acceptors (Lipinski definition) is 4. The van der Waals surface area contributed by atoms with E-state index in [1.807, 2.05) is 12.1 Å². The van der Waals surface area contributed by atoms with Gasteiger partial charge in [-0.1, -0.05) is 24.3 Å². The molecule has 2 amide bonds. The summed E-state index contributed by atoms with van der Waals surface area (Å²) < 4.78 is 0. The van der Waals surface area contributed by atoms with Crippen molar-refractivity contribution in [2.75, 3.05) is 31.6 Å². The van der Waals surface area contributed by atoms with Crippen LogP contribution in [0.4, 0.5) is 5.69 Å². The summed E-state index contributed by atoms with van der Waals surface area (Å²) in [5, 5.41) is 9.23. The molecule has 32 heavy (non-hydrogen) atoms. The minimum absolute atomic E-state index is 0.0973. The number of nitrogens with one attached hydrogen (secondary N) is 3. The fourth-order valence-corrected chi connectivity index (χ4v) is 3.68. The van der Waals surface area contributed by atoms with Gasteiger partial charge < -0.3 is 26.6 Å². The Balaban J connectivity index is 1.53. The first-order chi connectivity index (χ1) is 15.5. The van der Waals surface area contributed by atoms with E-state index in [9.17, 15) is 9.59 Å². The number of aliphatic imine (C=N–C) groups is 1. The number of carbonyl (C=O) groups is 2. The van der Waals surface area contributed by atoms with Crippen LogP contribution in [0.3, 0.4) is 0 Å². The molecule has 5 N–H and O–H groups in total. The average Bonchev–Trinajstić information content (AvgIpc) is 3.35. The summed E-state index contributed by atoms with van der Waals surface area (Å²) in [6.07, 6.45) is 2.52. The lowest BCUT2D eigenvalue weighted by atomic mass is 10.1. The summed E-state index contributed by atoms with van der Waals surface area (Å²) in [5.41, 5.74) is 9.02. The Morgan fingerprint density at radius 2 is 1.81 bits per heavy atom. The first kappa shape index (κ1) is 23.1. The SMILES string of the molecule is CN=C(NCc1ccc(C(=O)NCC(N)=O)cc1)NC(C)c1cccc(N2CCCC2)c1. The van der Waals surface area contributed by atoms with Crippen LogP contribution in [0.1, 0.15) is 47.3 Å². The minimum atomic E-state index is -0.574. The Kier molecular flexibility index (Phi) is 8.08. The van der Waals surface area contributed by atoms with Crippen molar-refractivity contribution in [2.45, 2.75) is 32.4 Å². The smallest absolute Gasteiger partial charge is 0.251 e. The molecule has 2 aromatic rings. The Bertz CT molecular complexity index is 951. The van der Waals surface area contributed by atoms with Gasteiger partial charge in [0.05, 0.1) is 12.6 Å². The lowest BCUT2D eigenvalue weighted by Gasteiger charge is -2.22. The van der Waals surface area contributed by atoms with Gasteiger partial charge >= 0.3 is 0 Å². The third-order valence-corrected chi connectivity index (χ3v) is 5.52. The van der Waals surface area contributed by atoms with Gasteiger partial charge in [0.25, 0.3) is 5.91 Å². The van der Waals surface area contributed by atoms with Gasteiger partial charge in [-0.2, -0.15) is 0 Å². The number of rotatable bonds is 8. The summed E-state index contributed by atoms with van der Waals surface area (Å²) in [6, 6.07) is 15.9. The van der Waals surface area contributed by atoms with Crippen LogP contribution in [0, 0.1) is 0 Å². The largest absolute Gasteiger partial charge is 0.372 e. The molecule has 0 spiro atoms. The Morgan fingerprint density at radius 1 is 1.09 bits per heavy atom. The van der Waals surface area contributed by atoms with Gasteiger partial charge in [-0.3, -0.25) is 14.6 Å². The number of nitrogens with two attached hydrogens (primary N) is 1. The monoisotopic (exact) mass is 436 g/mol. The molecule has 1 aliphatic heterocycles. The molecule has 0 radical (unpaired) electrons. The molecule has 1 atom stereocenters. The Labute approximate surface area is 189 Å². The van der Waals surface area contributed by atoms with Crippen molar-refractivity contribution in [1.82, 2.24) is 16.0 Å². The highest BCUT2D eigenvalue weighted by Gasteiger charge is 2.14. The molecule has 1 saturated heterocycles. The van der Waals surface area contributed by atoms with Crippen molar-refractivity contribution in [3.8, 4) is 0 Å². The molecule has 0 bridgehead atoms. The minimum Gasteiger partial charge on any atom is -0.372 e. The Hall–Kier alpha value is -3.55. The fraction of sp³-hybridized carbons (Fsp3) is 0.375. The summed E-state index contributed by atoms with van der Waals surface area (Å²) in [7, 11) is 1.74. The lowest BCUT2D eigenvalue weighted by Crippen LogP contribution is -2.38. The predicted molar refractivity (Wildman–Crippen MR) is 128 cm³/mol. The van der Waals surface area contributed by atoms with Crippen molar-refractivity contribution in [2.24, 2.45) is 10.7 Å². The zero-order chi connectivity index (χ0) is 22.9. The third kappa shape index (κ3) is 6.47. The van der Waals surface area contributed by atoms with Crippen molar-refractivity contribution in [3.05, 3.63) is 65.2 Å². The number of anilines is 1. The van der Waals surface area contributed by atoms with E-state index >= 15 is 0 Å². The highest BCUT2D eigenvalue weighted by Crippen LogP contribution is 2.23. The number of amides is 2. The highest BCUT2D eigenvalue weighted by atomic mass is 16.2. The molecule has 3 rings (SSSR count). The molecule has 0 aliphatic carbocycles. The quantitative estimate of drug-likeness (QED) is 0.373. The first-order valence-electron chi connectivity index (χ1n) is 10.9. The summed E-state index contributed by atoms with van der Waals surface area (Å²) in [6.45, 7) is 4.75. The van der Waals surface area contributed by atoms with Crippen molar-refractivity contribution < 1.29 is 9.59 Å². The van der Waals surface area contributed by atoms with Crippen molar-refractivity contribution >= 4 is 23.5 Å². The summed E-state index contributed by atoms with van der Waals surface area (Å²) in [5.74, 6) is -0.201. The van der Waals surface area contributed by atoms with Crippen LogP contribution in [0.25, 0.3) is 0 Å². The maximum absolute atomic E-state index is 12.0. The normalized spacial score (nSPS) is 14.7. The second-order valence-corrected chi connectivity index (χ2v) is 7.93. The first-order valence-corrected chi connectivity index (χ1v) is 10.9. The molecule has 1 fully saturated rings. The number of benzene rings is 2. The maximum Gasteiger partial charge on any atom is 0.251 e. The van der Waals surface area contributed by atoms with E-state index < -0.39 is 5.91 Å². The van der Waals surface area contributed by atoms with Crippen LogP contribution in [-0.2, 0) is 11.3 Å².